The summed E-state index contributed by atoms with van der Waals surface area (Å²) in [6, 6.07) is 16.7. The van der Waals surface area contributed by atoms with E-state index in [0.29, 0.717) is 5.82 Å². The molecule has 0 saturated carbocycles. The van der Waals surface area contributed by atoms with Crippen molar-refractivity contribution in [3.8, 4) is 22.8 Å². The third-order valence-electron chi connectivity index (χ3n) is 3.87. The van der Waals surface area contributed by atoms with Gasteiger partial charge in [-0.05, 0) is 23.6 Å². The van der Waals surface area contributed by atoms with Gasteiger partial charge in [-0.25, -0.2) is 9.78 Å². The molecule has 0 amide bonds. The van der Waals surface area contributed by atoms with Crippen LogP contribution >= 0.6 is 0 Å². The topological polar surface area (TPSA) is 78.9 Å². The van der Waals surface area contributed by atoms with E-state index >= 15 is 0 Å². The van der Waals surface area contributed by atoms with Gasteiger partial charge in [0.05, 0.1) is 17.5 Å². The van der Waals surface area contributed by atoms with E-state index in [9.17, 15) is 4.79 Å². The SMILES string of the molecule is O=C(O)c1cccc(-c2cnc(-c3cc4ccccc4cn3)[nH]2)c1. The Bertz CT molecular complexity index is 1050. The van der Waals surface area contributed by atoms with Crippen molar-refractivity contribution in [3.05, 3.63) is 72.6 Å². The van der Waals surface area contributed by atoms with Gasteiger partial charge in [0.25, 0.3) is 0 Å². The predicted octanol–water partition coefficient (Wildman–Crippen LogP) is 3.99. The Hall–Kier alpha value is -3.47. The second-order valence-electron chi connectivity index (χ2n) is 5.45. The molecule has 2 aromatic heterocycles. The van der Waals surface area contributed by atoms with Crippen LogP contribution in [0.25, 0.3) is 33.5 Å². The molecule has 2 N–H and O–H groups in total. The van der Waals surface area contributed by atoms with E-state index in [-0.39, 0.29) is 5.56 Å². The van der Waals surface area contributed by atoms with Crippen LogP contribution < -0.4 is 0 Å². The fourth-order valence-corrected chi connectivity index (χ4v) is 2.63. The predicted molar refractivity (Wildman–Crippen MR) is 91.7 cm³/mol. The Balaban J connectivity index is 1.73. The molecule has 0 radical (unpaired) electrons. The van der Waals surface area contributed by atoms with Gasteiger partial charge < -0.3 is 10.1 Å². The lowest BCUT2D eigenvalue weighted by Gasteiger charge is -2.01. The maximum absolute atomic E-state index is 11.1. The van der Waals surface area contributed by atoms with E-state index in [4.69, 9.17) is 5.11 Å². The number of hydrogen-bond donors (Lipinski definition) is 2. The number of imidazole rings is 1. The van der Waals surface area contributed by atoms with Gasteiger partial charge in [-0.1, -0.05) is 36.4 Å². The van der Waals surface area contributed by atoms with Crippen LogP contribution in [-0.4, -0.2) is 26.0 Å². The summed E-state index contributed by atoms with van der Waals surface area (Å²) in [4.78, 5) is 23.1. The summed E-state index contributed by atoms with van der Waals surface area (Å²) in [7, 11) is 0. The molecule has 4 aromatic rings. The summed E-state index contributed by atoms with van der Waals surface area (Å²) in [5, 5.41) is 11.3. The second kappa shape index (κ2) is 5.62. The number of carboxylic acids is 1. The van der Waals surface area contributed by atoms with Gasteiger partial charge in [0.2, 0.25) is 0 Å². The largest absolute Gasteiger partial charge is 0.478 e. The number of pyridine rings is 1. The van der Waals surface area contributed by atoms with E-state index in [0.717, 1.165) is 27.7 Å². The molecular weight excluding hydrogens is 302 g/mol. The molecule has 0 atom stereocenters. The minimum Gasteiger partial charge on any atom is -0.478 e. The number of hydrogen-bond acceptors (Lipinski definition) is 3. The zero-order chi connectivity index (χ0) is 16.5. The van der Waals surface area contributed by atoms with Crippen LogP contribution in [-0.2, 0) is 0 Å². The van der Waals surface area contributed by atoms with Gasteiger partial charge in [-0.15, -0.1) is 0 Å². The van der Waals surface area contributed by atoms with Crippen molar-refractivity contribution in [3.63, 3.8) is 0 Å². The second-order valence-corrected chi connectivity index (χ2v) is 5.45. The molecule has 0 aliphatic carbocycles. The van der Waals surface area contributed by atoms with E-state index in [1.807, 2.05) is 42.6 Å². The highest BCUT2D eigenvalue weighted by atomic mass is 16.4. The molecule has 24 heavy (non-hydrogen) atoms. The first-order chi connectivity index (χ1) is 11.7. The Kier molecular flexibility index (Phi) is 3.31. The molecule has 0 bridgehead atoms. The molecule has 5 nitrogen and oxygen atoms in total. The Morgan fingerprint density at radius 2 is 1.75 bits per heavy atom. The highest BCUT2D eigenvalue weighted by Gasteiger charge is 2.09. The monoisotopic (exact) mass is 315 g/mol. The summed E-state index contributed by atoms with van der Waals surface area (Å²) in [6.45, 7) is 0. The quantitative estimate of drug-likeness (QED) is 0.599. The molecule has 2 heterocycles. The molecule has 0 aliphatic rings. The average Bonchev–Trinajstić information content (AvgIpc) is 3.11. The molecule has 0 aliphatic heterocycles. The zero-order valence-electron chi connectivity index (χ0n) is 12.6. The Morgan fingerprint density at radius 3 is 2.58 bits per heavy atom. The number of aromatic amines is 1. The van der Waals surface area contributed by atoms with Crippen LogP contribution in [0.15, 0.2) is 67.0 Å². The van der Waals surface area contributed by atoms with E-state index in [1.54, 1.807) is 24.4 Å². The number of H-pyrrole nitrogens is 1. The summed E-state index contributed by atoms with van der Waals surface area (Å²) >= 11 is 0. The fourth-order valence-electron chi connectivity index (χ4n) is 2.63. The first-order valence-electron chi connectivity index (χ1n) is 7.44. The maximum Gasteiger partial charge on any atom is 0.335 e. The normalized spacial score (nSPS) is 10.8. The number of rotatable bonds is 3. The third kappa shape index (κ3) is 2.52. The minimum absolute atomic E-state index is 0.243. The molecule has 2 aromatic carbocycles. The van der Waals surface area contributed by atoms with Gasteiger partial charge in [-0.2, -0.15) is 0 Å². The standard InChI is InChI=1S/C19H13N3O2/c23-19(24)14-7-3-6-13(8-14)17-11-21-18(22-17)16-9-12-4-1-2-5-15(12)10-20-16/h1-11H,(H,21,22)(H,23,24). The van der Waals surface area contributed by atoms with E-state index in [2.05, 4.69) is 15.0 Å². The highest BCUT2D eigenvalue weighted by Crippen LogP contribution is 2.24. The summed E-state index contributed by atoms with van der Waals surface area (Å²) < 4.78 is 0. The molecular formula is C19H13N3O2. The van der Waals surface area contributed by atoms with Gasteiger partial charge in [0.1, 0.15) is 5.69 Å². The number of carboxylic acid groups (broad SMARTS) is 1. The van der Waals surface area contributed by atoms with Crippen molar-refractivity contribution in [2.24, 2.45) is 0 Å². The maximum atomic E-state index is 11.1. The van der Waals surface area contributed by atoms with Crippen molar-refractivity contribution in [2.45, 2.75) is 0 Å². The smallest absolute Gasteiger partial charge is 0.335 e. The van der Waals surface area contributed by atoms with Gasteiger partial charge >= 0.3 is 5.97 Å². The first-order valence-corrected chi connectivity index (χ1v) is 7.44. The van der Waals surface area contributed by atoms with Crippen LogP contribution in [0.2, 0.25) is 0 Å². The number of fused-ring (bicyclic) bond motifs is 1. The molecule has 0 unspecified atom stereocenters. The van der Waals surface area contributed by atoms with Crippen LogP contribution in [0.4, 0.5) is 0 Å². The Morgan fingerprint density at radius 1 is 0.917 bits per heavy atom. The number of nitrogens with zero attached hydrogens (tertiary/aromatic N) is 2. The number of nitrogens with one attached hydrogen (secondary N) is 1. The van der Waals surface area contributed by atoms with Crippen molar-refractivity contribution in [1.29, 1.82) is 0 Å². The lowest BCUT2D eigenvalue weighted by atomic mass is 10.1. The highest BCUT2D eigenvalue weighted by molar-refractivity contribution is 5.89. The van der Waals surface area contributed by atoms with E-state index < -0.39 is 5.97 Å². The van der Waals surface area contributed by atoms with Crippen molar-refractivity contribution in [1.82, 2.24) is 15.0 Å². The minimum atomic E-state index is -0.951. The zero-order valence-corrected chi connectivity index (χ0v) is 12.6. The summed E-state index contributed by atoms with van der Waals surface area (Å²) in [5.41, 5.74) is 2.51. The molecule has 4 rings (SSSR count). The lowest BCUT2D eigenvalue weighted by molar-refractivity contribution is 0.0697. The van der Waals surface area contributed by atoms with Crippen molar-refractivity contribution in [2.75, 3.05) is 0 Å². The van der Waals surface area contributed by atoms with Crippen LogP contribution in [0.5, 0.6) is 0 Å². The van der Waals surface area contributed by atoms with E-state index in [1.165, 1.54) is 0 Å². The summed E-state index contributed by atoms with van der Waals surface area (Å²) in [5.74, 6) is -0.302. The molecule has 0 saturated heterocycles. The van der Waals surface area contributed by atoms with Crippen LogP contribution in [0, 0.1) is 0 Å². The lowest BCUT2D eigenvalue weighted by Crippen LogP contribution is -1.95. The Labute approximate surface area is 137 Å². The molecule has 5 heteroatoms. The van der Waals surface area contributed by atoms with Crippen LogP contribution in [0.3, 0.4) is 0 Å². The van der Waals surface area contributed by atoms with Crippen molar-refractivity contribution < 1.29 is 9.90 Å². The third-order valence-corrected chi connectivity index (χ3v) is 3.87. The molecule has 116 valence electrons. The number of benzene rings is 2. The van der Waals surface area contributed by atoms with Gasteiger partial charge in [-0.3, -0.25) is 4.98 Å². The summed E-state index contributed by atoms with van der Waals surface area (Å²) in [6.07, 6.45) is 3.51. The average molecular weight is 315 g/mol. The number of aromatic carboxylic acids is 1. The first kappa shape index (κ1) is 14.1. The number of aromatic nitrogens is 3. The van der Waals surface area contributed by atoms with Crippen molar-refractivity contribution >= 4 is 16.7 Å². The fraction of sp³-hybridized carbons (Fsp3) is 0. The van der Waals surface area contributed by atoms with Crippen LogP contribution in [0.1, 0.15) is 10.4 Å². The van der Waals surface area contributed by atoms with Gasteiger partial charge in [0.15, 0.2) is 5.82 Å². The van der Waals surface area contributed by atoms with Gasteiger partial charge in [0, 0.05) is 17.1 Å². The molecule has 0 spiro atoms. The molecule has 0 fully saturated rings. The number of carbonyl (C=O) groups is 1.